The first-order valence-electron chi connectivity index (χ1n) is 11.6. The minimum absolute atomic E-state index is 0. The first kappa shape index (κ1) is 44.4. The predicted octanol–water partition coefficient (Wildman–Crippen LogP) is -6.58. The van der Waals surface area contributed by atoms with Crippen LogP contribution in [0.15, 0.2) is 24.3 Å². The fourth-order valence-electron chi connectivity index (χ4n) is 2.75. The molecule has 0 unspecified atom stereocenters. The molecule has 0 radical (unpaired) electrons. The molecule has 0 heterocycles. The second-order valence-corrected chi connectivity index (χ2v) is 7.57. The fraction of sp³-hybridized carbons (Fsp3) is 0.542. The van der Waals surface area contributed by atoms with Gasteiger partial charge in [-0.25, -0.2) is 0 Å². The van der Waals surface area contributed by atoms with Crippen molar-refractivity contribution in [3.8, 4) is 0 Å². The number of carbonyl (C=O) groups excluding carboxylic acids is 5. The standard InChI is InChI=1S/C24H37N5O6.3Rb/c1-3-5-21(31)26-11-4-14-35-15-13-28-23(33)17-24(34)29-19-8-6-18(7-9-19)16-22(32)27-12-10-20(30)25-2;;;/h6-9H,3-5,10-17H2,1-2H3,(H5,25,26,27,28,29,30,31,32,33,34);;;/q;3*+1/p-3. The van der Waals surface area contributed by atoms with E-state index < -0.39 is 18.2 Å². The van der Waals surface area contributed by atoms with Gasteiger partial charge in [0, 0.05) is 39.6 Å². The molecule has 0 aliphatic heterocycles. The Hall–Kier alpha value is 1.95. The summed E-state index contributed by atoms with van der Waals surface area (Å²) < 4.78 is 5.33. The first-order valence-corrected chi connectivity index (χ1v) is 11.6. The van der Waals surface area contributed by atoms with Crippen LogP contribution >= 0.6 is 0 Å². The van der Waals surface area contributed by atoms with Gasteiger partial charge in [-0.05, 0) is 18.4 Å². The Kier molecular flexibility index (Phi) is 33.9. The molecule has 5 amide bonds. The first-order chi connectivity index (χ1) is 16.8. The van der Waals surface area contributed by atoms with E-state index in [1.807, 2.05) is 6.92 Å². The summed E-state index contributed by atoms with van der Waals surface area (Å²) in [6, 6.07) is 6.51. The number of carbonyl (C=O) groups is 5. The van der Waals surface area contributed by atoms with Crippen LogP contribution in [0.25, 0.3) is 16.0 Å². The Morgan fingerprint density at radius 1 is 0.816 bits per heavy atom. The predicted molar refractivity (Wildman–Crippen MR) is 131 cm³/mol. The second kappa shape index (κ2) is 29.0. The molecule has 0 bridgehead atoms. The van der Waals surface area contributed by atoms with Crippen LogP contribution in [-0.2, 0) is 35.1 Å². The summed E-state index contributed by atoms with van der Waals surface area (Å²) >= 11 is 0. The Bertz CT molecular complexity index is 843. The van der Waals surface area contributed by atoms with E-state index in [9.17, 15) is 24.0 Å². The summed E-state index contributed by atoms with van der Waals surface area (Å²) in [6.45, 7) is 3.38. The molecule has 0 aromatic heterocycles. The Morgan fingerprint density at radius 2 is 1.47 bits per heavy atom. The SMILES string of the molecule is CCCC(=O)[N-]CCCOCC[N-]C(=O)CC(=O)[N-]c1ccc(CC(=O)NCCC(=O)NC)cc1.[Rb+].[Rb+].[Rb+]. The molecular formula is C24H34N5O6Rb3. The van der Waals surface area contributed by atoms with Crippen molar-refractivity contribution in [2.75, 3.05) is 39.9 Å². The van der Waals surface area contributed by atoms with Gasteiger partial charge in [0.15, 0.2) is 0 Å². The second-order valence-electron chi connectivity index (χ2n) is 7.57. The van der Waals surface area contributed by atoms with E-state index in [0.717, 1.165) is 12.0 Å². The van der Waals surface area contributed by atoms with Crippen LogP contribution < -0.4 is 185 Å². The molecule has 0 fully saturated rings. The molecule has 1 aromatic rings. The van der Waals surface area contributed by atoms with Crippen LogP contribution in [0.4, 0.5) is 5.69 Å². The van der Waals surface area contributed by atoms with E-state index >= 15 is 0 Å². The van der Waals surface area contributed by atoms with Gasteiger partial charge < -0.3 is 45.7 Å². The third kappa shape index (κ3) is 24.5. The van der Waals surface area contributed by atoms with Gasteiger partial charge in [-0.3, -0.25) is 9.59 Å². The van der Waals surface area contributed by atoms with E-state index in [2.05, 4.69) is 26.6 Å². The number of hydrogen-bond donors (Lipinski definition) is 2. The van der Waals surface area contributed by atoms with Crippen LogP contribution in [0, 0.1) is 0 Å². The number of nitrogens with one attached hydrogen (secondary N) is 2. The number of rotatable bonds is 17. The van der Waals surface area contributed by atoms with Crippen molar-refractivity contribution in [1.29, 1.82) is 0 Å². The molecule has 0 atom stereocenters. The van der Waals surface area contributed by atoms with Gasteiger partial charge in [0.25, 0.3) is 0 Å². The summed E-state index contributed by atoms with van der Waals surface area (Å²) in [5.41, 5.74) is 1.10. The zero-order chi connectivity index (χ0) is 25.9. The van der Waals surface area contributed by atoms with Crippen LogP contribution in [0.3, 0.4) is 0 Å². The topological polar surface area (TPSA) is 161 Å². The molecule has 1 rings (SSSR count). The van der Waals surface area contributed by atoms with Gasteiger partial charge in [0.2, 0.25) is 11.8 Å². The average Bonchev–Trinajstić information content (AvgIpc) is 2.82. The molecule has 0 saturated heterocycles. The van der Waals surface area contributed by atoms with Crippen molar-refractivity contribution < 1.29 is 203 Å². The summed E-state index contributed by atoms with van der Waals surface area (Å²) in [6.07, 6.45) is 1.75. The zero-order valence-electron chi connectivity index (χ0n) is 23.4. The Morgan fingerprint density at radius 3 is 2.11 bits per heavy atom. The molecule has 38 heavy (non-hydrogen) atoms. The normalized spacial score (nSPS) is 9.42. The van der Waals surface area contributed by atoms with Gasteiger partial charge in [0.1, 0.15) is 0 Å². The largest absolute Gasteiger partial charge is 1.00 e. The summed E-state index contributed by atoms with van der Waals surface area (Å²) in [7, 11) is 1.53. The summed E-state index contributed by atoms with van der Waals surface area (Å²) in [4.78, 5) is 58.1. The van der Waals surface area contributed by atoms with Crippen LogP contribution in [0.5, 0.6) is 0 Å². The smallest absolute Gasteiger partial charge is 0.653 e. The number of ether oxygens (including phenoxy) is 1. The van der Waals surface area contributed by atoms with E-state index in [1.165, 1.54) is 7.05 Å². The quantitative estimate of drug-likeness (QED) is 0.119. The number of nitrogens with zero attached hydrogens (tertiary/aromatic N) is 3. The molecule has 0 saturated carbocycles. The third-order valence-corrected chi connectivity index (χ3v) is 4.53. The fourth-order valence-corrected chi connectivity index (χ4v) is 2.75. The van der Waals surface area contributed by atoms with Crippen molar-refractivity contribution in [3.05, 3.63) is 45.8 Å². The monoisotopic (exact) mass is 743 g/mol. The van der Waals surface area contributed by atoms with Gasteiger partial charge in [-0.1, -0.05) is 37.6 Å². The molecule has 0 aliphatic carbocycles. The summed E-state index contributed by atoms with van der Waals surface area (Å²) in [5.74, 6) is -1.66. The minimum atomic E-state index is -0.613. The number of amides is 5. The number of hydrogen-bond acceptors (Lipinski definition) is 6. The molecule has 11 nitrogen and oxygen atoms in total. The van der Waals surface area contributed by atoms with Crippen molar-refractivity contribution in [1.82, 2.24) is 10.6 Å². The molecule has 0 aliphatic rings. The van der Waals surface area contributed by atoms with Gasteiger partial charge in [0.05, 0.1) is 24.1 Å². The van der Waals surface area contributed by atoms with Crippen LogP contribution in [0.1, 0.15) is 44.6 Å². The zero-order valence-corrected chi connectivity index (χ0v) is 38.1. The van der Waals surface area contributed by atoms with Crippen molar-refractivity contribution in [2.24, 2.45) is 0 Å². The Labute approximate surface area is 372 Å². The molecule has 194 valence electrons. The summed E-state index contributed by atoms with van der Waals surface area (Å²) in [5, 5.41) is 16.7. The molecule has 0 spiro atoms. The van der Waals surface area contributed by atoms with E-state index in [-0.39, 0.29) is 225 Å². The van der Waals surface area contributed by atoms with Crippen molar-refractivity contribution in [3.63, 3.8) is 0 Å². The van der Waals surface area contributed by atoms with E-state index in [1.54, 1.807) is 24.3 Å². The number of benzene rings is 1. The maximum Gasteiger partial charge on any atom is 1.00 e. The van der Waals surface area contributed by atoms with Gasteiger partial charge in [-0.15, -0.1) is 18.8 Å². The van der Waals surface area contributed by atoms with Gasteiger partial charge >= 0.3 is 175 Å². The molecule has 1 aromatic carbocycles. The third-order valence-electron chi connectivity index (χ3n) is 4.53. The molecular weight excluding hydrogens is 711 g/mol. The van der Waals surface area contributed by atoms with Crippen molar-refractivity contribution >= 4 is 35.2 Å². The van der Waals surface area contributed by atoms with Gasteiger partial charge in [-0.2, -0.15) is 0 Å². The van der Waals surface area contributed by atoms with E-state index in [0.29, 0.717) is 31.7 Å². The Balaban J connectivity index is -0.00000408. The van der Waals surface area contributed by atoms with E-state index in [4.69, 9.17) is 4.74 Å². The van der Waals surface area contributed by atoms with Crippen LogP contribution in [-0.4, -0.2) is 69.4 Å². The minimum Gasteiger partial charge on any atom is -0.653 e. The molecule has 14 heteroatoms. The van der Waals surface area contributed by atoms with Crippen LogP contribution in [0.2, 0.25) is 0 Å². The maximum absolute atomic E-state index is 12.0. The maximum atomic E-state index is 12.0. The van der Waals surface area contributed by atoms with Crippen molar-refractivity contribution in [2.45, 2.75) is 45.4 Å². The molecule has 2 N–H and O–H groups in total. The average molecular weight is 745 g/mol.